The molecule has 13 heavy (non-hydrogen) atoms. The number of nitrogen functional groups attached to an aromatic ring is 1. The van der Waals surface area contributed by atoms with Crippen molar-refractivity contribution in [1.82, 2.24) is 0 Å². The molecule has 0 atom stereocenters. The highest BCUT2D eigenvalue weighted by Gasteiger charge is 2.15. The molecule has 1 heterocycles. The summed E-state index contributed by atoms with van der Waals surface area (Å²) in [5.74, 6) is 0.713. The van der Waals surface area contributed by atoms with Crippen LogP contribution < -0.4 is 10.5 Å². The number of aryl methyl sites for hydroxylation is 1. The van der Waals surface area contributed by atoms with Gasteiger partial charge in [-0.3, -0.25) is 0 Å². The summed E-state index contributed by atoms with van der Waals surface area (Å²) in [6.45, 7) is 0.700. The summed E-state index contributed by atoms with van der Waals surface area (Å²) in [6, 6.07) is 5.71. The average molecular weight is 174 g/mol. The molecule has 0 spiro atoms. The molecule has 3 heteroatoms. The Kier molecular flexibility index (Phi) is 1.82. The molecule has 0 amide bonds. The van der Waals surface area contributed by atoms with E-state index in [1.54, 1.807) is 6.07 Å². The zero-order chi connectivity index (χ0) is 9.26. The normalized spacial score (nSPS) is 14.1. The Balaban J connectivity index is 2.56. The Morgan fingerprint density at radius 3 is 3.08 bits per heavy atom. The van der Waals surface area contributed by atoms with Gasteiger partial charge in [0.2, 0.25) is 0 Å². The maximum Gasteiger partial charge on any atom is 0.146 e. The minimum Gasteiger partial charge on any atom is -0.491 e. The van der Waals surface area contributed by atoms with E-state index in [-0.39, 0.29) is 0 Å². The monoisotopic (exact) mass is 174 g/mol. The first-order valence-electron chi connectivity index (χ1n) is 4.27. The molecule has 1 aliphatic rings. The smallest absolute Gasteiger partial charge is 0.146 e. The molecular formula is C10H10N2O. The Morgan fingerprint density at radius 1 is 1.46 bits per heavy atom. The quantitative estimate of drug-likeness (QED) is 0.606. The Morgan fingerprint density at radius 2 is 2.31 bits per heavy atom. The van der Waals surface area contributed by atoms with Crippen molar-refractivity contribution in [2.45, 2.75) is 12.8 Å². The topological polar surface area (TPSA) is 59.0 Å². The van der Waals surface area contributed by atoms with E-state index in [9.17, 15) is 0 Å². The predicted octanol–water partition coefficient (Wildman–Crippen LogP) is 1.47. The van der Waals surface area contributed by atoms with Crippen LogP contribution in [0.1, 0.15) is 17.5 Å². The first-order chi connectivity index (χ1) is 6.33. The van der Waals surface area contributed by atoms with E-state index < -0.39 is 0 Å². The summed E-state index contributed by atoms with van der Waals surface area (Å²) in [5.41, 5.74) is 7.87. The molecule has 2 N–H and O–H groups in total. The lowest BCUT2D eigenvalue weighted by Gasteiger charge is -2.19. The standard InChI is InChI=1S/C10H10N2O/c11-6-8-4-3-7-2-1-5-13-10(7)9(8)12/h3-4H,1-2,5,12H2. The fourth-order valence-corrected chi connectivity index (χ4v) is 1.55. The number of rotatable bonds is 0. The number of nitrogens with two attached hydrogens (primary N) is 1. The van der Waals surface area contributed by atoms with E-state index >= 15 is 0 Å². The van der Waals surface area contributed by atoms with Crippen LogP contribution in [0.3, 0.4) is 0 Å². The van der Waals surface area contributed by atoms with E-state index in [2.05, 4.69) is 0 Å². The van der Waals surface area contributed by atoms with Crippen LogP contribution in [0.2, 0.25) is 0 Å². The van der Waals surface area contributed by atoms with E-state index in [4.69, 9.17) is 15.7 Å². The Hall–Kier alpha value is -1.69. The number of hydrogen-bond donors (Lipinski definition) is 1. The fraction of sp³-hybridized carbons (Fsp3) is 0.300. The number of ether oxygens (including phenoxy) is 1. The molecule has 1 aromatic rings. The summed E-state index contributed by atoms with van der Waals surface area (Å²) in [7, 11) is 0. The molecule has 3 nitrogen and oxygen atoms in total. The molecule has 0 saturated carbocycles. The SMILES string of the molecule is N#Cc1ccc2c(c1N)OCCC2. The van der Waals surface area contributed by atoms with Crippen molar-refractivity contribution in [2.24, 2.45) is 0 Å². The zero-order valence-electron chi connectivity index (χ0n) is 7.21. The van der Waals surface area contributed by atoms with Gasteiger partial charge in [-0.2, -0.15) is 5.26 Å². The van der Waals surface area contributed by atoms with Gasteiger partial charge in [-0.05, 0) is 24.5 Å². The largest absolute Gasteiger partial charge is 0.491 e. The average Bonchev–Trinajstić information content (AvgIpc) is 2.19. The van der Waals surface area contributed by atoms with Crippen LogP contribution in [-0.4, -0.2) is 6.61 Å². The summed E-state index contributed by atoms with van der Waals surface area (Å²) in [4.78, 5) is 0. The molecule has 0 fully saturated rings. The molecule has 0 unspecified atom stereocenters. The Labute approximate surface area is 76.7 Å². The third kappa shape index (κ3) is 1.20. The van der Waals surface area contributed by atoms with Gasteiger partial charge < -0.3 is 10.5 Å². The van der Waals surface area contributed by atoms with Gasteiger partial charge in [0.05, 0.1) is 17.9 Å². The number of fused-ring (bicyclic) bond motifs is 1. The first-order valence-corrected chi connectivity index (χ1v) is 4.27. The van der Waals surface area contributed by atoms with Crippen molar-refractivity contribution in [1.29, 1.82) is 5.26 Å². The molecule has 0 saturated heterocycles. The van der Waals surface area contributed by atoms with Gasteiger partial charge in [-0.1, -0.05) is 6.07 Å². The first kappa shape index (κ1) is 7.93. The highest BCUT2D eigenvalue weighted by atomic mass is 16.5. The third-order valence-corrected chi connectivity index (χ3v) is 2.23. The minimum absolute atomic E-state index is 0.486. The summed E-state index contributed by atoms with van der Waals surface area (Å²) >= 11 is 0. The predicted molar refractivity (Wildman–Crippen MR) is 49.4 cm³/mol. The van der Waals surface area contributed by atoms with Crippen LogP contribution in [0.4, 0.5) is 5.69 Å². The van der Waals surface area contributed by atoms with Gasteiger partial charge in [-0.15, -0.1) is 0 Å². The van der Waals surface area contributed by atoms with Crippen LogP contribution in [-0.2, 0) is 6.42 Å². The molecular weight excluding hydrogens is 164 g/mol. The lowest BCUT2D eigenvalue weighted by atomic mass is 10.0. The van der Waals surface area contributed by atoms with Crippen molar-refractivity contribution in [3.63, 3.8) is 0 Å². The number of nitriles is 1. The van der Waals surface area contributed by atoms with Crippen molar-refractivity contribution < 1.29 is 4.74 Å². The maximum atomic E-state index is 8.73. The van der Waals surface area contributed by atoms with Gasteiger partial charge in [0.1, 0.15) is 11.8 Å². The van der Waals surface area contributed by atoms with Gasteiger partial charge in [-0.25, -0.2) is 0 Å². The lowest BCUT2D eigenvalue weighted by molar-refractivity contribution is 0.290. The lowest BCUT2D eigenvalue weighted by Crippen LogP contribution is -2.11. The molecule has 0 aromatic heterocycles. The fourth-order valence-electron chi connectivity index (χ4n) is 1.55. The number of anilines is 1. The van der Waals surface area contributed by atoms with Crippen LogP contribution >= 0.6 is 0 Å². The van der Waals surface area contributed by atoms with Crippen molar-refractivity contribution in [2.75, 3.05) is 12.3 Å². The molecule has 0 bridgehead atoms. The van der Waals surface area contributed by atoms with Gasteiger partial charge >= 0.3 is 0 Å². The van der Waals surface area contributed by atoms with Crippen molar-refractivity contribution in [3.8, 4) is 11.8 Å². The third-order valence-electron chi connectivity index (χ3n) is 2.23. The van der Waals surface area contributed by atoms with Crippen LogP contribution in [0.25, 0.3) is 0 Å². The number of hydrogen-bond acceptors (Lipinski definition) is 3. The molecule has 0 aliphatic carbocycles. The molecule has 1 aromatic carbocycles. The molecule has 1 aliphatic heterocycles. The van der Waals surface area contributed by atoms with Crippen molar-refractivity contribution >= 4 is 5.69 Å². The van der Waals surface area contributed by atoms with Crippen LogP contribution in [0.15, 0.2) is 12.1 Å². The zero-order valence-corrected chi connectivity index (χ0v) is 7.21. The summed E-state index contributed by atoms with van der Waals surface area (Å²) in [6.07, 6.45) is 2.02. The van der Waals surface area contributed by atoms with Gasteiger partial charge in [0, 0.05) is 0 Å². The minimum atomic E-state index is 0.486. The second kappa shape index (κ2) is 2.98. The number of benzene rings is 1. The van der Waals surface area contributed by atoms with E-state index in [0.29, 0.717) is 23.6 Å². The van der Waals surface area contributed by atoms with Gasteiger partial charge in [0.25, 0.3) is 0 Å². The number of nitrogens with zero attached hydrogens (tertiary/aromatic N) is 1. The molecule has 2 rings (SSSR count). The summed E-state index contributed by atoms with van der Waals surface area (Å²) < 4.78 is 5.42. The van der Waals surface area contributed by atoms with E-state index in [1.165, 1.54) is 0 Å². The second-order valence-electron chi connectivity index (χ2n) is 3.08. The molecule has 0 radical (unpaired) electrons. The Bertz CT molecular complexity index is 379. The van der Waals surface area contributed by atoms with Gasteiger partial charge in [0.15, 0.2) is 0 Å². The van der Waals surface area contributed by atoms with Crippen molar-refractivity contribution in [3.05, 3.63) is 23.3 Å². The maximum absolute atomic E-state index is 8.73. The highest BCUT2D eigenvalue weighted by Crippen LogP contribution is 2.33. The van der Waals surface area contributed by atoms with Crippen LogP contribution in [0, 0.1) is 11.3 Å². The second-order valence-corrected chi connectivity index (χ2v) is 3.08. The van der Waals surface area contributed by atoms with E-state index in [0.717, 1.165) is 18.4 Å². The van der Waals surface area contributed by atoms with Crippen LogP contribution in [0.5, 0.6) is 5.75 Å². The highest BCUT2D eigenvalue weighted by molar-refractivity contribution is 5.66. The summed E-state index contributed by atoms with van der Waals surface area (Å²) in [5, 5.41) is 8.73. The van der Waals surface area contributed by atoms with E-state index in [1.807, 2.05) is 12.1 Å². The molecule has 66 valence electrons.